The minimum atomic E-state index is -3.65. The topological polar surface area (TPSA) is 101 Å². The lowest BCUT2D eigenvalue weighted by Gasteiger charge is -2.21. The van der Waals surface area contributed by atoms with Crippen molar-refractivity contribution < 1.29 is 13.2 Å². The predicted octanol–water partition coefficient (Wildman–Crippen LogP) is 1.76. The Morgan fingerprint density at radius 2 is 1.74 bits per heavy atom. The van der Waals surface area contributed by atoms with Crippen molar-refractivity contribution in [2.45, 2.75) is 43.4 Å². The highest BCUT2D eigenvalue weighted by molar-refractivity contribution is 7.89. The summed E-state index contributed by atoms with van der Waals surface area (Å²) >= 11 is 0. The van der Waals surface area contributed by atoms with E-state index in [1.165, 1.54) is 44.2 Å². The van der Waals surface area contributed by atoms with Gasteiger partial charge in [-0.1, -0.05) is 31.4 Å². The molecule has 0 bridgehead atoms. The van der Waals surface area contributed by atoms with Crippen molar-refractivity contribution in [1.82, 2.24) is 10.6 Å². The Labute approximate surface area is 137 Å². The van der Waals surface area contributed by atoms with Gasteiger partial charge in [-0.3, -0.25) is 0 Å². The fourth-order valence-corrected chi connectivity index (χ4v) is 3.37. The molecule has 1 fully saturated rings. The zero-order chi connectivity index (χ0) is 16.7. The Morgan fingerprint density at radius 1 is 1.09 bits per heavy atom. The van der Waals surface area contributed by atoms with Gasteiger partial charge in [-0.05, 0) is 42.9 Å². The summed E-state index contributed by atoms with van der Waals surface area (Å²) in [5.41, 5.74) is 0.949. The zero-order valence-electron chi connectivity index (χ0n) is 13.3. The van der Waals surface area contributed by atoms with Crippen LogP contribution in [0.4, 0.5) is 4.79 Å². The van der Waals surface area contributed by atoms with E-state index in [1.807, 2.05) is 0 Å². The summed E-state index contributed by atoms with van der Waals surface area (Å²) < 4.78 is 22.3. The van der Waals surface area contributed by atoms with Crippen LogP contribution in [0.1, 0.15) is 37.7 Å². The maximum atomic E-state index is 11.7. The minimum absolute atomic E-state index is 0.0967. The van der Waals surface area contributed by atoms with E-state index < -0.39 is 10.0 Å². The largest absolute Gasteiger partial charge is 0.338 e. The lowest BCUT2D eigenvalue weighted by molar-refractivity contribution is 0.236. The fraction of sp³-hybridized carbons (Fsp3) is 0.562. The quantitative estimate of drug-likeness (QED) is 0.736. The summed E-state index contributed by atoms with van der Waals surface area (Å²) in [4.78, 5) is 11.8. The summed E-state index contributed by atoms with van der Waals surface area (Å²) in [6.45, 7) is 1.25. The van der Waals surface area contributed by atoms with Crippen LogP contribution in [0.3, 0.4) is 0 Å². The molecule has 2 amide bonds. The smallest absolute Gasteiger partial charge is 0.314 e. The van der Waals surface area contributed by atoms with E-state index in [0.29, 0.717) is 18.9 Å². The second-order valence-electron chi connectivity index (χ2n) is 6.08. The van der Waals surface area contributed by atoms with Crippen molar-refractivity contribution in [2.75, 3.05) is 13.1 Å². The molecule has 0 radical (unpaired) electrons. The van der Waals surface area contributed by atoms with E-state index in [4.69, 9.17) is 5.14 Å². The van der Waals surface area contributed by atoms with Crippen LogP contribution in [0.25, 0.3) is 0 Å². The summed E-state index contributed by atoms with van der Waals surface area (Å²) in [6.07, 6.45) is 6.90. The van der Waals surface area contributed by atoms with Gasteiger partial charge in [0.2, 0.25) is 10.0 Å². The molecule has 0 spiro atoms. The molecule has 1 aromatic rings. The number of nitrogens with one attached hydrogen (secondary N) is 2. The number of primary sulfonamides is 1. The minimum Gasteiger partial charge on any atom is -0.338 e. The van der Waals surface area contributed by atoms with Gasteiger partial charge in [0, 0.05) is 13.1 Å². The first-order valence-corrected chi connectivity index (χ1v) is 9.63. The van der Waals surface area contributed by atoms with E-state index in [9.17, 15) is 13.2 Å². The predicted molar refractivity (Wildman–Crippen MR) is 89.5 cm³/mol. The summed E-state index contributed by atoms with van der Waals surface area (Å²) in [5.74, 6) is 0.611. The summed E-state index contributed by atoms with van der Waals surface area (Å²) in [6, 6.07) is 6.24. The number of hydrogen-bond donors (Lipinski definition) is 3. The number of amides is 2. The molecule has 0 heterocycles. The third kappa shape index (κ3) is 6.19. The molecule has 0 aliphatic heterocycles. The van der Waals surface area contributed by atoms with Gasteiger partial charge in [-0.25, -0.2) is 18.4 Å². The number of urea groups is 1. The summed E-state index contributed by atoms with van der Waals surface area (Å²) in [7, 11) is -3.65. The molecule has 0 aromatic heterocycles. The van der Waals surface area contributed by atoms with Crippen LogP contribution in [-0.2, 0) is 16.4 Å². The number of sulfonamides is 1. The number of carbonyl (C=O) groups excluding carboxylic acids is 1. The maximum absolute atomic E-state index is 11.7. The van der Waals surface area contributed by atoms with Gasteiger partial charge < -0.3 is 10.6 Å². The van der Waals surface area contributed by atoms with Crippen LogP contribution in [0.15, 0.2) is 29.2 Å². The molecule has 0 saturated heterocycles. The lowest BCUT2D eigenvalue weighted by atomic mass is 9.89. The molecular formula is C16H25N3O3S. The van der Waals surface area contributed by atoms with Gasteiger partial charge in [0.05, 0.1) is 4.90 Å². The Bertz CT molecular complexity index is 608. The van der Waals surface area contributed by atoms with E-state index in [1.54, 1.807) is 12.1 Å². The first-order valence-electron chi connectivity index (χ1n) is 8.08. The van der Waals surface area contributed by atoms with E-state index >= 15 is 0 Å². The molecule has 23 heavy (non-hydrogen) atoms. The van der Waals surface area contributed by atoms with E-state index in [0.717, 1.165) is 12.1 Å². The third-order valence-electron chi connectivity index (χ3n) is 4.23. The Morgan fingerprint density at radius 3 is 2.35 bits per heavy atom. The third-order valence-corrected chi connectivity index (χ3v) is 5.16. The molecule has 0 atom stereocenters. The van der Waals surface area contributed by atoms with Crippen LogP contribution in [0.2, 0.25) is 0 Å². The highest BCUT2D eigenvalue weighted by Crippen LogP contribution is 2.22. The second-order valence-corrected chi connectivity index (χ2v) is 7.64. The Hall–Kier alpha value is -1.60. The van der Waals surface area contributed by atoms with Crippen molar-refractivity contribution in [3.05, 3.63) is 29.8 Å². The highest BCUT2D eigenvalue weighted by Gasteiger charge is 2.14. The normalized spacial score (nSPS) is 16.0. The Balaban J connectivity index is 1.66. The van der Waals surface area contributed by atoms with Crippen LogP contribution in [0.5, 0.6) is 0 Å². The van der Waals surface area contributed by atoms with Crippen LogP contribution < -0.4 is 15.8 Å². The first kappa shape index (κ1) is 17.7. The molecule has 1 aliphatic rings. The zero-order valence-corrected chi connectivity index (χ0v) is 14.1. The molecular weight excluding hydrogens is 314 g/mol. The highest BCUT2D eigenvalue weighted by atomic mass is 32.2. The molecule has 6 nitrogen and oxygen atoms in total. The lowest BCUT2D eigenvalue weighted by Crippen LogP contribution is -2.39. The fourth-order valence-electron chi connectivity index (χ4n) is 2.86. The van der Waals surface area contributed by atoms with Gasteiger partial charge in [-0.15, -0.1) is 0 Å². The van der Waals surface area contributed by atoms with E-state index in [2.05, 4.69) is 10.6 Å². The van der Waals surface area contributed by atoms with Crippen molar-refractivity contribution in [3.8, 4) is 0 Å². The number of hydrogen-bond acceptors (Lipinski definition) is 3. The molecule has 128 valence electrons. The van der Waals surface area contributed by atoms with Gasteiger partial charge in [0.25, 0.3) is 0 Å². The first-order chi connectivity index (χ1) is 10.9. The number of benzene rings is 1. The van der Waals surface area contributed by atoms with Crippen LogP contribution in [-0.4, -0.2) is 27.5 Å². The second kappa shape index (κ2) is 8.31. The van der Waals surface area contributed by atoms with Gasteiger partial charge in [0.1, 0.15) is 0 Å². The van der Waals surface area contributed by atoms with Crippen molar-refractivity contribution in [1.29, 1.82) is 0 Å². The number of carbonyl (C=O) groups is 1. The van der Waals surface area contributed by atoms with Gasteiger partial charge in [0.15, 0.2) is 0 Å². The SMILES string of the molecule is NS(=O)(=O)c1ccc(CCNC(=O)NCC2CCCCC2)cc1. The molecule has 4 N–H and O–H groups in total. The average molecular weight is 339 g/mol. The van der Waals surface area contributed by atoms with Gasteiger partial charge >= 0.3 is 6.03 Å². The molecule has 1 aromatic carbocycles. The van der Waals surface area contributed by atoms with Gasteiger partial charge in [-0.2, -0.15) is 0 Å². The van der Waals surface area contributed by atoms with Crippen LogP contribution in [0, 0.1) is 5.92 Å². The Kier molecular flexibility index (Phi) is 6.41. The maximum Gasteiger partial charge on any atom is 0.314 e. The van der Waals surface area contributed by atoms with Crippen molar-refractivity contribution in [3.63, 3.8) is 0 Å². The van der Waals surface area contributed by atoms with Crippen molar-refractivity contribution in [2.24, 2.45) is 11.1 Å². The van der Waals surface area contributed by atoms with E-state index in [-0.39, 0.29) is 10.9 Å². The van der Waals surface area contributed by atoms with Crippen LogP contribution >= 0.6 is 0 Å². The average Bonchev–Trinajstić information content (AvgIpc) is 2.53. The molecule has 7 heteroatoms. The van der Waals surface area contributed by atoms with Crippen molar-refractivity contribution >= 4 is 16.1 Å². The number of nitrogens with two attached hydrogens (primary N) is 1. The molecule has 0 unspecified atom stereocenters. The molecule has 2 rings (SSSR count). The number of rotatable bonds is 6. The molecule has 1 saturated carbocycles. The standard InChI is InChI=1S/C16H25N3O3S/c17-23(21,22)15-8-6-13(7-9-15)10-11-18-16(20)19-12-14-4-2-1-3-5-14/h6-9,14H,1-5,10-12H2,(H2,17,21,22)(H2,18,19,20). The molecule has 1 aliphatic carbocycles. The summed E-state index contributed by atoms with van der Waals surface area (Å²) in [5, 5.41) is 10.8. The monoisotopic (exact) mass is 339 g/mol.